The summed E-state index contributed by atoms with van der Waals surface area (Å²) in [7, 11) is 0. The summed E-state index contributed by atoms with van der Waals surface area (Å²) in [5.41, 5.74) is 0.734. The fourth-order valence-corrected chi connectivity index (χ4v) is 6.13. The SMILES string of the molecule is CC1CC2CCN1CC2NC(=O)c1ccc(Sc2ccc(Cl)s2)cc1. The van der Waals surface area contributed by atoms with Gasteiger partial charge in [-0.1, -0.05) is 23.4 Å². The molecule has 1 aromatic carbocycles. The molecule has 5 rings (SSSR count). The number of halogens is 1. The van der Waals surface area contributed by atoms with Gasteiger partial charge in [0.15, 0.2) is 0 Å². The number of amides is 1. The summed E-state index contributed by atoms with van der Waals surface area (Å²) in [6, 6.07) is 12.7. The van der Waals surface area contributed by atoms with E-state index < -0.39 is 0 Å². The van der Waals surface area contributed by atoms with E-state index >= 15 is 0 Å². The molecule has 0 radical (unpaired) electrons. The maximum atomic E-state index is 12.6. The molecule has 1 amide bonds. The Kier molecular flexibility index (Phi) is 5.09. The van der Waals surface area contributed by atoms with Crippen LogP contribution in [-0.2, 0) is 0 Å². The van der Waals surface area contributed by atoms with Gasteiger partial charge in [-0.25, -0.2) is 0 Å². The maximum Gasteiger partial charge on any atom is 0.251 e. The fraction of sp³-hybridized carbons (Fsp3) is 0.421. The molecule has 2 aromatic rings. The molecule has 1 N–H and O–H groups in total. The molecule has 4 heterocycles. The topological polar surface area (TPSA) is 32.3 Å². The maximum absolute atomic E-state index is 12.6. The van der Waals surface area contributed by atoms with Crippen molar-refractivity contribution in [1.82, 2.24) is 10.2 Å². The minimum atomic E-state index is 0.0436. The lowest BCUT2D eigenvalue weighted by Gasteiger charge is -2.48. The van der Waals surface area contributed by atoms with E-state index in [0.717, 1.165) is 25.5 Å². The van der Waals surface area contributed by atoms with Crippen LogP contribution in [-0.4, -0.2) is 36.0 Å². The summed E-state index contributed by atoms with van der Waals surface area (Å²) in [6.07, 6.45) is 2.40. The molecule has 3 aliphatic heterocycles. The van der Waals surface area contributed by atoms with Gasteiger partial charge in [0.2, 0.25) is 0 Å². The summed E-state index contributed by atoms with van der Waals surface area (Å²) in [4.78, 5) is 16.2. The Balaban J connectivity index is 1.37. The second kappa shape index (κ2) is 7.31. The third kappa shape index (κ3) is 3.90. The van der Waals surface area contributed by atoms with Crippen LogP contribution in [0.5, 0.6) is 0 Å². The summed E-state index contributed by atoms with van der Waals surface area (Å²) in [5, 5.41) is 3.26. The van der Waals surface area contributed by atoms with Crippen molar-refractivity contribution in [2.45, 2.75) is 41.0 Å². The quantitative estimate of drug-likeness (QED) is 0.813. The van der Waals surface area contributed by atoms with Gasteiger partial charge in [0, 0.05) is 29.1 Å². The highest BCUT2D eigenvalue weighted by Gasteiger charge is 2.38. The van der Waals surface area contributed by atoms with E-state index in [4.69, 9.17) is 11.6 Å². The first-order chi connectivity index (χ1) is 12.1. The van der Waals surface area contributed by atoms with Crippen molar-refractivity contribution in [2.24, 2.45) is 5.92 Å². The third-order valence-electron chi connectivity index (χ3n) is 5.25. The number of hydrogen-bond donors (Lipinski definition) is 1. The van der Waals surface area contributed by atoms with E-state index in [1.807, 2.05) is 36.4 Å². The number of thiophene rings is 1. The van der Waals surface area contributed by atoms with E-state index in [1.54, 1.807) is 23.1 Å². The van der Waals surface area contributed by atoms with Crippen LogP contribution in [0.3, 0.4) is 0 Å². The minimum Gasteiger partial charge on any atom is -0.348 e. The van der Waals surface area contributed by atoms with Gasteiger partial charge >= 0.3 is 0 Å². The molecule has 1 aromatic heterocycles. The van der Waals surface area contributed by atoms with Crippen molar-refractivity contribution in [3.63, 3.8) is 0 Å². The van der Waals surface area contributed by atoms with Gasteiger partial charge in [0.1, 0.15) is 0 Å². The number of rotatable bonds is 4. The van der Waals surface area contributed by atoms with Crippen LogP contribution >= 0.6 is 34.7 Å². The number of piperidine rings is 3. The molecule has 3 saturated heterocycles. The number of hydrogen-bond acceptors (Lipinski definition) is 4. The van der Waals surface area contributed by atoms with Crippen LogP contribution in [0.1, 0.15) is 30.1 Å². The summed E-state index contributed by atoms with van der Waals surface area (Å²) >= 11 is 9.21. The Morgan fingerprint density at radius 3 is 2.68 bits per heavy atom. The zero-order chi connectivity index (χ0) is 17.4. The molecule has 3 aliphatic rings. The molecular formula is C19H21ClN2OS2. The Morgan fingerprint density at radius 2 is 2.08 bits per heavy atom. The lowest BCUT2D eigenvalue weighted by Crippen LogP contribution is -2.60. The normalized spacial score (nSPS) is 28.1. The number of nitrogens with zero attached hydrogens (tertiary/aromatic N) is 1. The van der Waals surface area contributed by atoms with Gasteiger partial charge in [-0.05, 0) is 68.6 Å². The smallest absolute Gasteiger partial charge is 0.251 e. The highest BCUT2D eigenvalue weighted by Crippen LogP contribution is 2.35. The lowest BCUT2D eigenvalue weighted by atomic mass is 9.80. The van der Waals surface area contributed by atoms with Crippen molar-refractivity contribution in [1.29, 1.82) is 0 Å². The largest absolute Gasteiger partial charge is 0.348 e. The van der Waals surface area contributed by atoms with Crippen LogP contribution in [0.2, 0.25) is 4.34 Å². The number of carbonyl (C=O) groups is 1. The second-order valence-corrected chi connectivity index (χ2v) is 9.98. The van der Waals surface area contributed by atoms with Crippen molar-refractivity contribution in [3.8, 4) is 0 Å². The molecule has 0 spiro atoms. The van der Waals surface area contributed by atoms with Gasteiger partial charge in [-0.2, -0.15) is 0 Å². The zero-order valence-electron chi connectivity index (χ0n) is 14.1. The predicted octanol–water partition coefficient (Wildman–Crippen LogP) is 4.77. The molecule has 4 unspecified atom stereocenters. The number of nitrogens with one attached hydrogen (secondary N) is 1. The molecule has 2 bridgehead atoms. The first-order valence-corrected chi connectivity index (χ1v) is 10.7. The van der Waals surface area contributed by atoms with Gasteiger partial charge in [-0.15, -0.1) is 11.3 Å². The van der Waals surface area contributed by atoms with Crippen molar-refractivity contribution in [3.05, 3.63) is 46.3 Å². The Labute approximate surface area is 161 Å². The molecule has 0 aliphatic carbocycles. The van der Waals surface area contributed by atoms with Crippen LogP contribution in [0.25, 0.3) is 0 Å². The zero-order valence-corrected chi connectivity index (χ0v) is 16.5. The van der Waals surface area contributed by atoms with E-state index in [0.29, 0.717) is 18.0 Å². The molecular weight excluding hydrogens is 372 g/mol. The number of benzene rings is 1. The van der Waals surface area contributed by atoms with Gasteiger partial charge in [-0.3, -0.25) is 9.69 Å². The fourth-order valence-electron chi connectivity index (χ4n) is 3.85. The molecule has 25 heavy (non-hydrogen) atoms. The van der Waals surface area contributed by atoms with Crippen LogP contribution in [0.4, 0.5) is 0 Å². The van der Waals surface area contributed by atoms with Gasteiger partial charge < -0.3 is 5.32 Å². The summed E-state index contributed by atoms with van der Waals surface area (Å²) in [6.45, 7) is 4.46. The highest BCUT2D eigenvalue weighted by molar-refractivity contribution is 8.01. The van der Waals surface area contributed by atoms with Crippen LogP contribution in [0.15, 0.2) is 45.5 Å². The molecule has 3 fully saturated rings. The van der Waals surface area contributed by atoms with E-state index in [2.05, 4.69) is 17.1 Å². The second-order valence-electron chi connectivity index (χ2n) is 6.89. The first-order valence-electron chi connectivity index (χ1n) is 8.66. The third-order valence-corrected chi connectivity index (χ3v) is 7.63. The Hall–Kier alpha value is -1.01. The summed E-state index contributed by atoms with van der Waals surface area (Å²) < 4.78 is 1.95. The molecule has 3 nitrogen and oxygen atoms in total. The highest BCUT2D eigenvalue weighted by atomic mass is 35.5. The summed E-state index contributed by atoms with van der Waals surface area (Å²) in [5.74, 6) is 0.671. The van der Waals surface area contributed by atoms with Crippen molar-refractivity contribution in [2.75, 3.05) is 13.1 Å². The number of fused-ring (bicyclic) bond motifs is 3. The van der Waals surface area contributed by atoms with Crippen LogP contribution < -0.4 is 5.32 Å². The average Bonchev–Trinajstić information content (AvgIpc) is 3.01. The van der Waals surface area contributed by atoms with E-state index in [1.165, 1.54) is 19.4 Å². The average molecular weight is 393 g/mol. The number of carbonyl (C=O) groups excluding carboxylic acids is 1. The van der Waals surface area contributed by atoms with Crippen molar-refractivity contribution < 1.29 is 4.79 Å². The van der Waals surface area contributed by atoms with Gasteiger partial charge in [0.25, 0.3) is 5.91 Å². The first kappa shape index (κ1) is 17.4. The van der Waals surface area contributed by atoms with Crippen molar-refractivity contribution >= 4 is 40.6 Å². The van der Waals surface area contributed by atoms with Gasteiger partial charge in [0.05, 0.1) is 8.55 Å². The standard InChI is InChI=1S/C19H21ClN2OS2/c1-12-10-14-8-9-22(12)11-16(14)21-19(23)13-2-4-15(5-3-13)24-18-7-6-17(20)25-18/h2-7,12,14,16H,8-11H2,1H3,(H,21,23). The lowest BCUT2D eigenvalue weighted by molar-refractivity contribution is 0.0274. The molecule has 132 valence electrons. The molecule has 6 heteroatoms. The Morgan fingerprint density at radius 1 is 1.28 bits per heavy atom. The van der Waals surface area contributed by atoms with E-state index in [9.17, 15) is 4.79 Å². The minimum absolute atomic E-state index is 0.0436. The van der Waals surface area contributed by atoms with E-state index in [-0.39, 0.29) is 5.91 Å². The van der Waals surface area contributed by atoms with Crippen LogP contribution in [0, 0.1) is 5.92 Å². The monoisotopic (exact) mass is 392 g/mol. The Bertz CT molecular complexity index is 761. The molecule has 4 atom stereocenters. The molecule has 0 saturated carbocycles. The predicted molar refractivity (Wildman–Crippen MR) is 105 cm³/mol.